The second kappa shape index (κ2) is 5.08. The Morgan fingerprint density at radius 3 is 2.59 bits per heavy atom. The summed E-state index contributed by atoms with van der Waals surface area (Å²) in [4.78, 5) is 2.42. The van der Waals surface area contributed by atoms with Gasteiger partial charge in [-0.3, -0.25) is 4.68 Å². The molecule has 1 fully saturated rings. The highest BCUT2D eigenvalue weighted by Crippen LogP contribution is 2.36. The minimum Gasteiger partial charge on any atom is -0.383 e. The molecule has 1 aliphatic heterocycles. The molecule has 0 aliphatic carbocycles. The van der Waals surface area contributed by atoms with Crippen molar-refractivity contribution in [2.75, 3.05) is 19.6 Å². The Morgan fingerprint density at radius 1 is 1.47 bits per heavy atom. The number of halogens is 1. The van der Waals surface area contributed by atoms with Crippen LogP contribution in [0.2, 0.25) is 0 Å². The number of aryl methyl sites for hydroxylation is 1. The standard InChI is InChI=1S/C12H20BrN3O/c1-3-6-16-7-4-12(17,5-8-16)11-10(13)9-14-15(11)2/h9,17H,3-8H2,1-2H3. The third-order valence-electron chi connectivity index (χ3n) is 3.56. The Bertz CT molecular complexity index is 364. The number of likely N-dealkylation sites (tertiary alicyclic amines) is 1. The molecular weight excluding hydrogens is 282 g/mol. The van der Waals surface area contributed by atoms with Crippen molar-refractivity contribution in [1.29, 1.82) is 0 Å². The molecule has 0 saturated carbocycles. The van der Waals surface area contributed by atoms with E-state index in [1.165, 1.54) is 6.42 Å². The largest absolute Gasteiger partial charge is 0.383 e. The minimum absolute atomic E-state index is 0.728. The number of aromatic nitrogens is 2. The molecule has 0 bridgehead atoms. The number of rotatable bonds is 3. The van der Waals surface area contributed by atoms with Crippen LogP contribution in [0.4, 0.5) is 0 Å². The molecule has 1 saturated heterocycles. The highest BCUT2D eigenvalue weighted by Gasteiger charge is 2.37. The van der Waals surface area contributed by atoms with Gasteiger partial charge < -0.3 is 10.0 Å². The Labute approximate surface area is 111 Å². The van der Waals surface area contributed by atoms with E-state index < -0.39 is 5.60 Å². The highest BCUT2D eigenvalue weighted by molar-refractivity contribution is 9.10. The normalized spacial score (nSPS) is 20.7. The molecule has 0 spiro atoms. The molecule has 1 aromatic heterocycles. The lowest BCUT2D eigenvalue weighted by Crippen LogP contribution is -2.43. The Hall–Kier alpha value is -0.390. The summed E-state index contributed by atoms with van der Waals surface area (Å²) in [5, 5.41) is 14.9. The van der Waals surface area contributed by atoms with Gasteiger partial charge in [0, 0.05) is 20.1 Å². The van der Waals surface area contributed by atoms with E-state index in [4.69, 9.17) is 0 Å². The van der Waals surface area contributed by atoms with E-state index >= 15 is 0 Å². The second-order valence-corrected chi connectivity index (χ2v) is 5.69. The van der Waals surface area contributed by atoms with Crippen molar-refractivity contribution >= 4 is 15.9 Å². The maximum Gasteiger partial charge on any atom is 0.110 e. The van der Waals surface area contributed by atoms with E-state index in [1.54, 1.807) is 10.9 Å². The van der Waals surface area contributed by atoms with E-state index in [0.717, 1.165) is 42.6 Å². The van der Waals surface area contributed by atoms with Crippen molar-refractivity contribution < 1.29 is 5.11 Å². The van der Waals surface area contributed by atoms with E-state index in [2.05, 4.69) is 32.9 Å². The number of nitrogens with zero attached hydrogens (tertiary/aromatic N) is 3. The third-order valence-corrected chi connectivity index (χ3v) is 4.14. The molecule has 17 heavy (non-hydrogen) atoms. The molecule has 4 nitrogen and oxygen atoms in total. The summed E-state index contributed by atoms with van der Waals surface area (Å²) in [6, 6.07) is 0. The molecule has 1 N–H and O–H groups in total. The van der Waals surface area contributed by atoms with Crippen LogP contribution in [0.1, 0.15) is 31.9 Å². The fourth-order valence-corrected chi connectivity index (χ4v) is 3.35. The number of piperidine rings is 1. The zero-order valence-electron chi connectivity index (χ0n) is 10.5. The lowest BCUT2D eigenvalue weighted by Gasteiger charge is -2.38. The molecule has 5 heteroatoms. The predicted octanol–water partition coefficient (Wildman–Crippen LogP) is 1.88. The van der Waals surface area contributed by atoms with Crippen molar-refractivity contribution in [3.8, 4) is 0 Å². The smallest absolute Gasteiger partial charge is 0.110 e. The summed E-state index contributed by atoms with van der Waals surface area (Å²) in [7, 11) is 1.89. The molecule has 0 aromatic carbocycles. The number of hydrogen-bond donors (Lipinski definition) is 1. The number of aliphatic hydroxyl groups is 1. The summed E-state index contributed by atoms with van der Waals surface area (Å²) in [5.41, 5.74) is 0.183. The molecule has 0 radical (unpaired) electrons. The summed E-state index contributed by atoms with van der Waals surface area (Å²) in [6.07, 6.45) is 4.50. The van der Waals surface area contributed by atoms with Crippen molar-refractivity contribution in [1.82, 2.24) is 14.7 Å². The van der Waals surface area contributed by atoms with Crippen LogP contribution in [0, 0.1) is 0 Å². The van der Waals surface area contributed by atoms with E-state index in [1.807, 2.05) is 7.05 Å². The van der Waals surface area contributed by atoms with E-state index in [-0.39, 0.29) is 0 Å². The summed E-state index contributed by atoms with van der Waals surface area (Å²) >= 11 is 3.48. The van der Waals surface area contributed by atoms with Crippen molar-refractivity contribution in [2.24, 2.45) is 7.05 Å². The second-order valence-electron chi connectivity index (χ2n) is 4.84. The average Bonchev–Trinajstić information content (AvgIpc) is 2.63. The first kappa shape index (κ1) is 13.1. The first-order valence-electron chi connectivity index (χ1n) is 6.19. The van der Waals surface area contributed by atoms with Crippen LogP contribution in [0.3, 0.4) is 0 Å². The molecule has 96 valence electrons. The van der Waals surface area contributed by atoms with Gasteiger partial charge in [-0.25, -0.2) is 0 Å². The third kappa shape index (κ3) is 2.56. The van der Waals surface area contributed by atoms with Gasteiger partial charge in [0.1, 0.15) is 5.60 Å². The van der Waals surface area contributed by atoms with Crippen molar-refractivity contribution in [2.45, 2.75) is 31.8 Å². The van der Waals surface area contributed by atoms with E-state index in [9.17, 15) is 5.11 Å². The molecule has 1 aromatic rings. The first-order chi connectivity index (χ1) is 8.07. The summed E-state index contributed by atoms with van der Waals surface area (Å²) < 4.78 is 2.69. The highest BCUT2D eigenvalue weighted by atomic mass is 79.9. The lowest BCUT2D eigenvalue weighted by molar-refractivity contribution is -0.0324. The van der Waals surface area contributed by atoms with E-state index in [0.29, 0.717) is 0 Å². The maximum absolute atomic E-state index is 10.8. The fourth-order valence-electron chi connectivity index (χ4n) is 2.63. The van der Waals surface area contributed by atoms with Gasteiger partial charge in [-0.15, -0.1) is 0 Å². The SMILES string of the molecule is CCCN1CCC(O)(c2c(Br)cnn2C)CC1. The van der Waals surface area contributed by atoms with Gasteiger partial charge in [-0.2, -0.15) is 5.10 Å². The monoisotopic (exact) mass is 301 g/mol. The van der Waals surface area contributed by atoms with Crippen LogP contribution in [-0.4, -0.2) is 39.4 Å². The summed E-state index contributed by atoms with van der Waals surface area (Å²) in [5.74, 6) is 0. The van der Waals surface area contributed by atoms with Crippen LogP contribution >= 0.6 is 15.9 Å². The van der Waals surface area contributed by atoms with Gasteiger partial charge in [-0.05, 0) is 41.7 Å². The van der Waals surface area contributed by atoms with Gasteiger partial charge in [0.15, 0.2) is 0 Å². The lowest BCUT2D eigenvalue weighted by atomic mass is 9.88. The van der Waals surface area contributed by atoms with Gasteiger partial charge in [0.05, 0.1) is 16.4 Å². The zero-order chi connectivity index (χ0) is 12.5. The van der Waals surface area contributed by atoms with Gasteiger partial charge >= 0.3 is 0 Å². The maximum atomic E-state index is 10.8. The van der Waals surface area contributed by atoms with Crippen molar-refractivity contribution in [3.63, 3.8) is 0 Å². The van der Waals surface area contributed by atoms with Crippen molar-refractivity contribution in [3.05, 3.63) is 16.4 Å². The van der Waals surface area contributed by atoms with Crippen LogP contribution in [0.15, 0.2) is 10.7 Å². The minimum atomic E-state index is -0.728. The molecule has 1 aliphatic rings. The zero-order valence-corrected chi connectivity index (χ0v) is 12.1. The molecule has 0 unspecified atom stereocenters. The van der Waals surface area contributed by atoms with Gasteiger partial charge in [0.25, 0.3) is 0 Å². The Balaban J connectivity index is 2.12. The van der Waals surface area contributed by atoms with Gasteiger partial charge in [0.2, 0.25) is 0 Å². The molecule has 2 rings (SSSR count). The molecule has 2 heterocycles. The Morgan fingerprint density at radius 2 is 2.12 bits per heavy atom. The summed E-state index contributed by atoms with van der Waals surface area (Å²) in [6.45, 7) is 5.24. The van der Waals surface area contributed by atoms with Crippen LogP contribution in [0.25, 0.3) is 0 Å². The average molecular weight is 302 g/mol. The first-order valence-corrected chi connectivity index (χ1v) is 6.99. The predicted molar refractivity (Wildman–Crippen MR) is 70.8 cm³/mol. The molecular formula is C12H20BrN3O. The van der Waals surface area contributed by atoms with Gasteiger partial charge in [-0.1, -0.05) is 6.92 Å². The molecule has 0 amide bonds. The van der Waals surface area contributed by atoms with Crippen LogP contribution in [-0.2, 0) is 12.6 Å². The Kier molecular flexibility index (Phi) is 3.90. The topological polar surface area (TPSA) is 41.3 Å². The molecule has 0 atom stereocenters. The van der Waals surface area contributed by atoms with Crippen LogP contribution < -0.4 is 0 Å². The number of hydrogen-bond acceptors (Lipinski definition) is 3. The van der Waals surface area contributed by atoms with Crippen LogP contribution in [0.5, 0.6) is 0 Å². The fraction of sp³-hybridized carbons (Fsp3) is 0.750. The quantitative estimate of drug-likeness (QED) is 0.927.